The molecule has 1 saturated heterocycles. The largest absolute Gasteiger partial charge is 0.338 e. The van der Waals surface area contributed by atoms with Gasteiger partial charge in [-0.2, -0.15) is 0 Å². The third kappa shape index (κ3) is 1.94. The maximum absolute atomic E-state index is 4.19. The molecule has 1 unspecified atom stereocenters. The third-order valence-corrected chi connectivity index (χ3v) is 2.78. The summed E-state index contributed by atoms with van der Waals surface area (Å²) in [5.74, 6) is 0. The monoisotopic (exact) mass is 177 g/mol. The quantitative estimate of drug-likeness (QED) is 0.673. The molecule has 1 aromatic rings. The van der Waals surface area contributed by atoms with E-state index in [0.717, 1.165) is 0 Å². The molecule has 0 aliphatic carbocycles. The van der Waals surface area contributed by atoms with E-state index >= 15 is 0 Å². The van der Waals surface area contributed by atoms with Crippen LogP contribution in [-0.2, 0) is 0 Å². The van der Waals surface area contributed by atoms with Gasteiger partial charge in [0.2, 0.25) is 0 Å². The Balaban J connectivity index is 1.99. The molecular weight excluding hydrogens is 160 g/mol. The molecular formula is C11H17N2. The van der Waals surface area contributed by atoms with Gasteiger partial charge >= 0.3 is 0 Å². The molecule has 13 heavy (non-hydrogen) atoms. The zero-order valence-corrected chi connectivity index (χ0v) is 8.02. The van der Waals surface area contributed by atoms with Crippen LogP contribution in [0, 0.1) is 6.92 Å². The molecule has 0 bridgehead atoms. The minimum absolute atomic E-state index is 0.287. The molecule has 1 radical (unpaired) electrons. The minimum atomic E-state index is 0.287. The Hall–Kier alpha value is -0.760. The summed E-state index contributed by atoms with van der Waals surface area (Å²) in [4.78, 5) is 2.45. The maximum atomic E-state index is 4.19. The van der Waals surface area contributed by atoms with Crippen LogP contribution in [0.3, 0.4) is 0 Å². The fraction of sp³-hybridized carbons (Fsp3) is 0.545. The van der Waals surface area contributed by atoms with Crippen molar-refractivity contribution in [1.82, 2.24) is 9.47 Å². The normalized spacial score (nSPS) is 21.6. The van der Waals surface area contributed by atoms with Crippen LogP contribution >= 0.6 is 0 Å². The van der Waals surface area contributed by atoms with Gasteiger partial charge in [0.05, 0.1) is 6.17 Å². The van der Waals surface area contributed by atoms with Crippen molar-refractivity contribution in [2.75, 3.05) is 13.1 Å². The number of likely N-dealkylation sites (tertiary alicyclic amines) is 1. The summed E-state index contributed by atoms with van der Waals surface area (Å²) in [6.07, 6.45) is 8.50. The predicted octanol–water partition coefficient (Wildman–Crippen LogP) is 2.31. The number of nitrogens with zero attached hydrogens (tertiary/aromatic N) is 2. The van der Waals surface area contributed by atoms with Crippen molar-refractivity contribution in [2.24, 2.45) is 0 Å². The van der Waals surface area contributed by atoms with Crippen LogP contribution in [0.15, 0.2) is 24.5 Å². The van der Waals surface area contributed by atoms with Crippen LogP contribution in [0.2, 0.25) is 0 Å². The van der Waals surface area contributed by atoms with E-state index in [1.165, 1.54) is 32.4 Å². The number of hydrogen-bond donors (Lipinski definition) is 0. The Bertz CT molecular complexity index is 235. The van der Waals surface area contributed by atoms with E-state index in [1.54, 1.807) is 0 Å². The first-order chi connectivity index (χ1) is 6.38. The summed E-state index contributed by atoms with van der Waals surface area (Å²) >= 11 is 0. The summed E-state index contributed by atoms with van der Waals surface area (Å²) in [5.41, 5.74) is 0. The molecule has 71 valence electrons. The number of rotatable bonds is 2. The highest BCUT2D eigenvalue weighted by Crippen LogP contribution is 2.18. The van der Waals surface area contributed by atoms with Crippen molar-refractivity contribution >= 4 is 0 Å². The van der Waals surface area contributed by atoms with Crippen molar-refractivity contribution in [3.63, 3.8) is 0 Å². The van der Waals surface area contributed by atoms with E-state index in [4.69, 9.17) is 0 Å². The second kappa shape index (κ2) is 3.97. The van der Waals surface area contributed by atoms with E-state index in [0.29, 0.717) is 0 Å². The topological polar surface area (TPSA) is 8.17 Å². The lowest BCUT2D eigenvalue weighted by Crippen LogP contribution is -2.34. The standard InChI is InChI=1S/C11H17N2/c1-11(13-9-5-6-10-13)12-7-3-2-4-8-12/h5-6,9-11H,1-4,7-8H2. The molecule has 0 N–H and O–H groups in total. The lowest BCUT2D eigenvalue weighted by atomic mass is 10.1. The van der Waals surface area contributed by atoms with E-state index in [2.05, 4.69) is 40.9 Å². The SMILES string of the molecule is [CH2]C(N1CCCCC1)n1cccc1. The van der Waals surface area contributed by atoms with E-state index < -0.39 is 0 Å². The molecule has 1 aromatic heterocycles. The van der Waals surface area contributed by atoms with Gasteiger partial charge in [-0.05, 0) is 31.9 Å². The van der Waals surface area contributed by atoms with Gasteiger partial charge in [-0.15, -0.1) is 0 Å². The first-order valence-corrected chi connectivity index (χ1v) is 5.07. The molecule has 1 aliphatic heterocycles. The summed E-state index contributed by atoms with van der Waals surface area (Å²) in [7, 11) is 0. The van der Waals surface area contributed by atoms with Crippen LogP contribution in [-0.4, -0.2) is 22.6 Å². The number of piperidine rings is 1. The van der Waals surface area contributed by atoms with Crippen LogP contribution in [0.25, 0.3) is 0 Å². The molecule has 1 fully saturated rings. The molecule has 2 rings (SSSR count). The van der Waals surface area contributed by atoms with Crippen LogP contribution < -0.4 is 0 Å². The Labute approximate surface area is 80.2 Å². The average Bonchev–Trinajstić information content (AvgIpc) is 2.71. The van der Waals surface area contributed by atoms with Gasteiger partial charge in [0.15, 0.2) is 0 Å². The first-order valence-electron chi connectivity index (χ1n) is 5.07. The number of aromatic nitrogens is 1. The van der Waals surface area contributed by atoms with Crippen molar-refractivity contribution in [3.05, 3.63) is 31.5 Å². The van der Waals surface area contributed by atoms with Gasteiger partial charge in [0, 0.05) is 25.5 Å². The minimum Gasteiger partial charge on any atom is -0.338 e. The Morgan fingerprint density at radius 1 is 1.00 bits per heavy atom. The fourth-order valence-electron chi connectivity index (χ4n) is 1.95. The van der Waals surface area contributed by atoms with Crippen LogP contribution in [0.5, 0.6) is 0 Å². The molecule has 0 aromatic carbocycles. The average molecular weight is 177 g/mol. The lowest BCUT2D eigenvalue weighted by Gasteiger charge is -2.32. The second-order valence-electron chi connectivity index (χ2n) is 3.71. The van der Waals surface area contributed by atoms with Crippen molar-refractivity contribution in [1.29, 1.82) is 0 Å². The van der Waals surface area contributed by atoms with Crippen molar-refractivity contribution < 1.29 is 0 Å². The molecule has 2 heterocycles. The van der Waals surface area contributed by atoms with E-state index in [9.17, 15) is 0 Å². The van der Waals surface area contributed by atoms with E-state index in [1.807, 2.05) is 0 Å². The zero-order chi connectivity index (χ0) is 9.10. The van der Waals surface area contributed by atoms with Gasteiger partial charge < -0.3 is 4.57 Å². The third-order valence-electron chi connectivity index (χ3n) is 2.78. The van der Waals surface area contributed by atoms with Gasteiger partial charge in [-0.3, -0.25) is 4.90 Å². The highest BCUT2D eigenvalue weighted by atomic mass is 15.3. The summed E-state index contributed by atoms with van der Waals surface area (Å²) in [6, 6.07) is 4.12. The Morgan fingerprint density at radius 3 is 2.23 bits per heavy atom. The maximum Gasteiger partial charge on any atom is 0.0859 e. The second-order valence-corrected chi connectivity index (χ2v) is 3.71. The molecule has 0 spiro atoms. The summed E-state index contributed by atoms with van der Waals surface area (Å²) in [6.45, 7) is 6.59. The van der Waals surface area contributed by atoms with Crippen molar-refractivity contribution in [2.45, 2.75) is 25.4 Å². The smallest absolute Gasteiger partial charge is 0.0859 e. The van der Waals surface area contributed by atoms with Crippen LogP contribution in [0.4, 0.5) is 0 Å². The zero-order valence-electron chi connectivity index (χ0n) is 8.02. The Kier molecular flexibility index (Phi) is 2.69. The van der Waals surface area contributed by atoms with Gasteiger partial charge in [-0.1, -0.05) is 6.42 Å². The highest BCUT2D eigenvalue weighted by molar-refractivity contribution is 4.94. The number of hydrogen-bond acceptors (Lipinski definition) is 1. The molecule has 2 heteroatoms. The van der Waals surface area contributed by atoms with Gasteiger partial charge in [0.1, 0.15) is 0 Å². The fourth-order valence-corrected chi connectivity index (χ4v) is 1.95. The van der Waals surface area contributed by atoms with Crippen molar-refractivity contribution in [3.8, 4) is 0 Å². The molecule has 2 nitrogen and oxygen atoms in total. The lowest BCUT2D eigenvalue weighted by molar-refractivity contribution is 0.145. The molecule has 1 aliphatic rings. The van der Waals surface area contributed by atoms with Crippen LogP contribution in [0.1, 0.15) is 25.4 Å². The first kappa shape index (κ1) is 8.82. The van der Waals surface area contributed by atoms with Gasteiger partial charge in [-0.25, -0.2) is 0 Å². The molecule has 1 atom stereocenters. The molecule has 0 saturated carbocycles. The summed E-state index contributed by atoms with van der Waals surface area (Å²) in [5, 5.41) is 0. The summed E-state index contributed by atoms with van der Waals surface area (Å²) < 4.78 is 2.17. The van der Waals surface area contributed by atoms with Gasteiger partial charge in [0.25, 0.3) is 0 Å². The predicted molar refractivity (Wildman–Crippen MR) is 54.3 cm³/mol. The van der Waals surface area contributed by atoms with E-state index in [-0.39, 0.29) is 6.17 Å². The highest BCUT2D eigenvalue weighted by Gasteiger charge is 2.16. The molecule has 0 amide bonds. The Morgan fingerprint density at radius 2 is 1.62 bits per heavy atom.